The number of fused-ring (bicyclic) bond motifs is 1. The van der Waals surface area contributed by atoms with Crippen molar-refractivity contribution < 1.29 is 32.5 Å². The van der Waals surface area contributed by atoms with Crippen molar-refractivity contribution >= 4 is 11.8 Å². The van der Waals surface area contributed by atoms with Crippen LogP contribution in [0.2, 0.25) is 0 Å². The van der Waals surface area contributed by atoms with Crippen molar-refractivity contribution in [1.29, 1.82) is 0 Å². The van der Waals surface area contributed by atoms with Crippen LogP contribution in [0, 0.1) is 0 Å². The summed E-state index contributed by atoms with van der Waals surface area (Å²) in [4.78, 5) is 19.6. The van der Waals surface area contributed by atoms with Gasteiger partial charge in [-0.25, -0.2) is 14.8 Å². The van der Waals surface area contributed by atoms with Gasteiger partial charge in [-0.05, 0) is 6.92 Å². The summed E-state index contributed by atoms with van der Waals surface area (Å²) in [5, 5.41) is 11.7. The first-order valence-electron chi connectivity index (χ1n) is 8.66. The second-order valence-corrected chi connectivity index (χ2v) is 6.17. The molecule has 29 heavy (non-hydrogen) atoms. The first kappa shape index (κ1) is 22.4. The molecule has 160 valence electrons. The molecule has 0 aliphatic carbocycles. The van der Waals surface area contributed by atoms with Crippen LogP contribution in [0.5, 0.6) is 5.88 Å². The molecule has 3 rings (SSSR count). The normalized spacial score (nSPS) is 15.9. The number of ether oxygens (including phenoxy) is 2. The van der Waals surface area contributed by atoms with E-state index in [9.17, 15) is 13.2 Å². The molecule has 1 aliphatic heterocycles. The number of aryl methyl sites for hydroxylation is 1. The zero-order valence-corrected chi connectivity index (χ0v) is 16.2. The lowest BCUT2D eigenvalue weighted by atomic mass is 9.97. The van der Waals surface area contributed by atoms with Crippen molar-refractivity contribution in [2.75, 3.05) is 31.8 Å². The number of carboxylic acids is 1. The second kappa shape index (κ2) is 9.54. The van der Waals surface area contributed by atoms with Crippen molar-refractivity contribution in [3.63, 3.8) is 0 Å². The van der Waals surface area contributed by atoms with E-state index in [0.29, 0.717) is 19.1 Å². The first-order valence-corrected chi connectivity index (χ1v) is 8.66. The van der Waals surface area contributed by atoms with E-state index < -0.39 is 12.1 Å². The van der Waals surface area contributed by atoms with E-state index in [-0.39, 0.29) is 5.92 Å². The number of carboxylic acid groups (broad SMARTS) is 1. The van der Waals surface area contributed by atoms with E-state index in [0.717, 1.165) is 24.6 Å². The molecular weight excluding hydrogens is 395 g/mol. The number of anilines is 1. The van der Waals surface area contributed by atoms with Crippen LogP contribution in [-0.4, -0.2) is 63.9 Å². The molecule has 2 aromatic heterocycles. The Hall–Kier alpha value is -2.89. The Bertz CT molecular complexity index is 828. The standard InChI is InChI=1S/C15H21N5O2.C2HF3O2/c1-4-22-9-12-8-20(7-11-6-19(2)18-15(11)12)13-5-14(21-3)17-10-16-13;3-2(4,5)1(6)7/h5-6,10,12H,4,7-9H2,1-3H3;(H,6,7). The molecule has 3 heterocycles. The Balaban J connectivity index is 0.000000370. The molecule has 2 aromatic rings. The van der Waals surface area contributed by atoms with Crippen LogP contribution in [0.15, 0.2) is 18.6 Å². The maximum absolute atomic E-state index is 10.6. The Labute approximate surface area is 165 Å². The highest BCUT2D eigenvalue weighted by atomic mass is 19.4. The van der Waals surface area contributed by atoms with Crippen LogP contribution in [0.25, 0.3) is 0 Å². The number of aromatic nitrogens is 4. The van der Waals surface area contributed by atoms with Gasteiger partial charge >= 0.3 is 12.1 Å². The highest BCUT2D eigenvalue weighted by Crippen LogP contribution is 2.30. The summed E-state index contributed by atoms with van der Waals surface area (Å²) >= 11 is 0. The fourth-order valence-corrected chi connectivity index (χ4v) is 2.82. The van der Waals surface area contributed by atoms with Crippen molar-refractivity contribution in [3.05, 3.63) is 29.8 Å². The fourth-order valence-electron chi connectivity index (χ4n) is 2.82. The van der Waals surface area contributed by atoms with Crippen LogP contribution >= 0.6 is 0 Å². The maximum atomic E-state index is 10.6. The van der Waals surface area contributed by atoms with Crippen molar-refractivity contribution in [1.82, 2.24) is 19.7 Å². The van der Waals surface area contributed by atoms with Crippen molar-refractivity contribution in [2.24, 2.45) is 7.05 Å². The third-order valence-corrected chi connectivity index (χ3v) is 4.05. The summed E-state index contributed by atoms with van der Waals surface area (Å²) in [7, 11) is 3.56. The third kappa shape index (κ3) is 6.04. The zero-order valence-electron chi connectivity index (χ0n) is 16.2. The maximum Gasteiger partial charge on any atom is 0.490 e. The molecule has 0 saturated heterocycles. The van der Waals surface area contributed by atoms with Gasteiger partial charge < -0.3 is 19.5 Å². The number of halogens is 3. The number of aliphatic carboxylic acids is 1. The quantitative estimate of drug-likeness (QED) is 0.788. The molecule has 0 bridgehead atoms. The predicted octanol–water partition coefficient (Wildman–Crippen LogP) is 1.99. The number of methoxy groups -OCH3 is 1. The van der Waals surface area contributed by atoms with Gasteiger partial charge in [-0.1, -0.05) is 0 Å². The van der Waals surface area contributed by atoms with Crippen molar-refractivity contribution in [2.45, 2.75) is 25.6 Å². The molecule has 1 aliphatic rings. The van der Waals surface area contributed by atoms with Crippen LogP contribution in [0.1, 0.15) is 24.1 Å². The van der Waals surface area contributed by atoms with E-state index >= 15 is 0 Å². The van der Waals surface area contributed by atoms with Gasteiger partial charge in [0.25, 0.3) is 0 Å². The Kier molecular flexibility index (Phi) is 7.37. The van der Waals surface area contributed by atoms with Gasteiger partial charge in [-0.15, -0.1) is 0 Å². The lowest BCUT2D eigenvalue weighted by molar-refractivity contribution is -0.192. The van der Waals surface area contributed by atoms with Crippen LogP contribution in [0.4, 0.5) is 19.0 Å². The molecule has 0 amide bonds. The molecule has 0 fully saturated rings. The second-order valence-electron chi connectivity index (χ2n) is 6.17. The predicted molar refractivity (Wildman–Crippen MR) is 95.8 cm³/mol. The topological polar surface area (TPSA) is 103 Å². The number of carbonyl (C=O) groups is 1. The Morgan fingerprint density at radius 2 is 2.07 bits per heavy atom. The van der Waals surface area contributed by atoms with Gasteiger partial charge in [0.2, 0.25) is 5.88 Å². The minimum Gasteiger partial charge on any atom is -0.481 e. The third-order valence-electron chi connectivity index (χ3n) is 4.05. The van der Waals surface area contributed by atoms with Crippen molar-refractivity contribution in [3.8, 4) is 5.88 Å². The minimum atomic E-state index is -5.08. The summed E-state index contributed by atoms with van der Waals surface area (Å²) in [6.07, 6.45) is -1.48. The zero-order chi connectivity index (χ0) is 21.6. The minimum absolute atomic E-state index is 0.242. The summed E-state index contributed by atoms with van der Waals surface area (Å²) in [6.45, 7) is 4.99. The summed E-state index contributed by atoms with van der Waals surface area (Å²) in [5.74, 6) is -1.08. The van der Waals surface area contributed by atoms with Gasteiger partial charge in [0.1, 0.15) is 12.1 Å². The molecular formula is C17H22F3N5O4. The smallest absolute Gasteiger partial charge is 0.481 e. The van der Waals surface area contributed by atoms with Gasteiger partial charge in [-0.2, -0.15) is 18.3 Å². The molecule has 0 saturated carbocycles. The van der Waals surface area contributed by atoms with E-state index in [4.69, 9.17) is 19.4 Å². The average molecular weight is 417 g/mol. The van der Waals surface area contributed by atoms with Crippen LogP contribution < -0.4 is 9.64 Å². The summed E-state index contributed by atoms with van der Waals surface area (Å²) in [6, 6.07) is 1.86. The molecule has 1 atom stereocenters. The van der Waals surface area contributed by atoms with E-state index in [1.54, 1.807) is 7.11 Å². The number of rotatable bonds is 5. The van der Waals surface area contributed by atoms with Crippen LogP contribution in [-0.2, 0) is 23.1 Å². The Morgan fingerprint density at radius 3 is 2.66 bits per heavy atom. The largest absolute Gasteiger partial charge is 0.490 e. The molecule has 1 unspecified atom stereocenters. The Morgan fingerprint density at radius 1 is 1.38 bits per heavy atom. The lowest BCUT2D eigenvalue weighted by Crippen LogP contribution is -2.35. The fraction of sp³-hybridized carbons (Fsp3) is 0.529. The van der Waals surface area contributed by atoms with Gasteiger partial charge in [-0.3, -0.25) is 4.68 Å². The molecule has 9 nitrogen and oxygen atoms in total. The lowest BCUT2D eigenvalue weighted by Gasteiger charge is -2.32. The molecule has 1 N–H and O–H groups in total. The van der Waals surface area contributed by atoms with E-state index in [1.807, 2.05) is 24.7 Å². The molecule has 12 heteroatoms. The number of nitrogens with zero attached hydrogens (tertiary/aromatic N) is 5. The van der Waals surface area contributed by atoms with Gasteiger partial charge in [0.05, 0.1) is 19.4 Å². The monoisotopic (exact) mass is 417 g/mol. The van der Waals surface area contributed by atoms with Gasteiger partial charge in [0.15, 0.2) is 0 Å². The summed E-state index contributed by atoms with van der Waals surface area (Å²) < 4.78 is 44.4. The van der Waals surface area contributed by atoms with Gasteiger partial charge in [0, 0.05) is 50.5 Å². The highest BCUT2D eigenvalue weighted by Gasteiger charge is 2.38. The van der Waals surface area contributed by atoms with E-state index in [2.05, 4.69) is 26.2 Å². The van der Waals surface area contributed by atoms with E-state index in [1.165, 1.54) is 11.9 Å². The number of hydrogen-bond donors (Lipinski definition) is 1. The highest BCUT2D eigenvalue weighted by molar-refractivity contribution is 5.73. The first-order chi connectivity index (χ1) is 13.7. The average Bonchev–Trinajstić information content (AvgIpc) is 3.06. The van der Waals surface area contributed by atoms with Crippen LogP contribution in [0.3, 0.4) is 0 Å². The molecule has 0 spiro atoms. The molecule has 0 radical (unpaired) electrons. The number of alkyl halides is 3. The summed E-state index contributed by atoms with van der Waals surface area (Å²) in [5.41, 5.74) is 2.35. The number of hydrogen-bond acceptors (Lipinski definition) is 7. The SMILES string of the molecule is CCOCC1CN(c2cc(OC)ncn2)Cc2cn(C)nc21.O=C(O)C(F)(F)F. The molecule has 0 aromatic carbocycles.